The molecule has 1 aliphatic heterocycles. The predicted molar refractivity (Wildman–Crippen MR) is 77.6 cm³/mol. The molecule has 0 unspecified atom stereocenters. The molecule has 5 heteroatoms. The Morgan fingerprint density at radius 2 is 2.10 bits per heavy atom. The van der Waals surface area contributed by atoms with E-state index < -0.39 is 5.41 Å². The third-order valence-corrected chi connectivity index (χ3v) is 3.92. The molecule has 0 aliphatic carbocycles. The summed E-state index contributed by atoms with van der Waals surface area (Å²) >= 11 is 0. The molecule has 1 aromatic rings. The van der Waals surface area contributed by atoms with E-state index in [0.29, 0.717) is 32.6 Å². The van der Waals surface area contributed by atoms with Gasteiger partial charge >= 0.3 is 0 Å². The van der Waals surface area contributed by atoms with Crippen molar-refractivity contribution < 1.29 is 14.3 Å². The third kappa shape index (κ3) is 3.17. The van der Waals surface area contributed by atoms with Crippen molar-refractivity contribution in [3.63, 3.8) is 0 Å². The zero-order chi connectivity index (χ0) is 15.3. The van der Waals surface area contributed by atoms with E-state index in [0.717, 1.165) is 11.3 Å². The van der Waals surface area contributed by atoms with E-state index in [1.165, 1.54) is 0 Å². The molecular formula is C16H20N2O3. The topological polar surface area (TPSA) is 62.6 Å². The number of amides is 1. The van der Waals surface area contributed by atoms with Crippen molar-refractivity contribution >= 4 is 5.91 Å². The minimum atomic E-state index is -0.949. The van der Waals surface area contributed by atoms with Crippen LogP contribution in [-0.2, 0) is 16.1 Å². The second-order valence-electron chi connectivity index (χ2n) is 5.28. The molecule has 1 aliphatic rings. The highest BCUT2D eigenvalue weighted by atomic mass is 16.5. The Labute approximate surface area is 125 Å². The van der Waals surface area contributed by atoms with Crippen LogP contribution in [0.5, 0.6) is 5.75 Å². The highest BCUT2D eigenvalue weighted by molar-refractivity contribution is 5.85. The maximum atomic E-state index is 12.7. The number of ether oxygens (including phenoxy) is 2. The zero-order valence-electron chi connectivity index (χ0n) is 12.5. The Balaban J connectivity index is 2.14. The van der Waals surface area contributed by atoms with Crippen LogP contribution >= 0.6 is 0 Å². The van der Waals surface area contributed by atoms with Gasteiger partial charge in [0.2, 0.25) is 5.91 Å². The van der Waals surface area contributed by atoms with Crippen LogP contribution in [0.1, 0.15) is 18.4 Å². The number of para-hydroxylation sites is 1. The van der Waals surface area contributed by atoms with Gasteiger partial charge in [0.05, 0.1) is 13.2 Å². The lowest BCUT2D eigenvalue weighted by molar-refractivity contribution is -0.142. The highest BCUT2D eigenvalue weighted by Crippen LogP contribution is 2.32. The summed E-state index contributed by atoms with van der Waals surface area (Å²) in [4.78, 5) is 14.3. The zero-order valence-corrected chi connectivity index (χ0v) is 12.5. The summed E-state index contributed by atoms with van der Waals surface area (Å²) in [5, 5.41) is 9.45. The monoisotopic (exact) mass is 288 g/mol. The van der Waals surface area contributed by atoms with Gasteiger partial charge in [0.15, 0.2) is 0 Å². The number of methoxy groups -OCH3 is 1. The first-order valence-electron chi connectivity index (χ1n) is 6.99. The molecule has 1 amide bonds. The number of nitriles is 1. The molecule has 1 fully saturated rings. The number of rotatable bonds is 4. The first-order valence-corrected chi connectivity index (χ1v) is 6.99. The quantitative estimate of drug-likeness (QED) is 0.850. The molecule has 0 N–H and O–H groups in total. The normalized spacial score (nSPS) is 16.8. The van der Waals surface area contributed by atoms with Crippen LogP contribution in [0.15, 0.2) is 24.3 Å². The Morgan fingerprint density at radius 1 is 1.43 bits per heavy atom. The number of carbonyl (C=O) groups excluding carboxylic acids is 1. The van der Waals surface area contributed by atoms with Crippen molar-refractivity contribution in [2.45, 2.75) is 19.4 Å². The molecule has 2 rings (SSSR count). The van der Waals surface area contributed by atoms with Gasteiger partial charge in [-0.1, -0.05) is 18.2 Å². The molecule has 1 saturated heterocycles. The first kappa shape index (κ1) is 15.3. The van der Waals surface area contributed by atoms with E-state index in [1.54, 1.807) is 19.1 Å². The van der Waals surface area contributed by atoms with Gasteiger partial charge in [-0.05, 0) is 18.9 Å². The van der Waals surface area contributed by atoms with Crippen molar-refractivity contribution in [1.29, 1.82) is 5.26 Å². The first-order chi connectivity index (χ1) is 10.1. The molecule has 0 radical (unpaired) electrons. The maximum Gasteiger partial charge on any atom is 0.243 e. The van der Waals surface area contributed by atoms with E-state index in [-0.39, 0.29) is 5.91 Å². The number of hydrogen-bond donors (Lipinski definition) is 0. The molecule has 112 valence electrons. The summed E-state index contributed by atoms with van der Waals surface area (Å²) in [7, 11) is 3.33. The number of benzene rings is 1. The van der Waals surface area contributed by atoms with E-state index in [1.807, 2.05) is 24.3 Å². The Bertz CT molecular complexity index is 545. The number of nitrogens with zero attached hydrogens (tertiary/aromatic N) is 2. The average Bonchev–Trinajstić information content (AvgIpc) is 2.55. The Kier molecular flexibility index (Phi) is 4.81. The highest BCUT2D eigenvalue weighted by Gasteiger charge is 2.42. The lowest BCUT2D eigenvalue weighted by atomic mass is 9.80. The average molecular weight is 288 g/mol. The van der Waals surface area contributed by atoms with Gasteiger partial charge in [0.25, 0.3) is 0 Å². The lowest BCUT2D eigenvalue weighted by Crippen LogP contribution is -2.44. The van der Waals surface area contributed by atoms with Crippen LogP contribution in [0.3, 0.4) is 0 Å². The molecule has 1 heterocycles. The number of hydrogen-bond acceptors (Lipinski definition) is 4. The van der Waals surface area contributed by atoms with Gasteiger partial charge < -0.3 is 14.4 Å². The van der Waals surface area contributed by atoms with Gasteiger partial charge in [-0.3, -0.25) is 4.79 Å². The lowest BCUT2D eigenvalue weighted by Gasteiger charge is -2.33. The largest absolute Gasteiger partial charge is 0.496 e. The molecule has 0 saturated carbocycles. The van der Waals surface area contributed by atoms with Gasteiger partial charge in [-0.15, -0.1) is 0 Å². The third-order valence-electron chi connectivity index (χ3n) is 3.92. The van der Waals surface area contributed by atoms with Crippen LogP contribution in [0.4, 0.5) is 0 Å². The number of carbonyl (C=O) groups is 1. The van der Waals surface area contributed by atoms with Crippen LogP contribution in [0.25, 0.3) is 0 Å². The second-order valence-corrected chi connectivity index (χ2v) is 5.28. The van der Waals surface area contributed by atoms with Gasteiger partial charge in [-0.25, -0.2) is 0 Å². The van der Waals surface area contributed by atoms with Crippen LogP contribution in [0, 0.1) is 16.7 Å². The molecule has 0 bridgehead atoms. The standard InChI is InChI=1S/C16H20N2O3/c1-18(11-13-5-3-4-6-14(13)20-2)15(19)16(12-17)7-9-21-10-8-16/h3-6H,7-11H2,1-2H3. The molecule has 0 aromatic heterocycles. The summed E-state index contributed by atoms with van der Waals surface area (Å²) in [5.41, 5.74) is -0.0225. The summed E-state index contributed by atoms with van der Waals surface area (Å²) in [6, 6.07) is 9.79. The SMILES string of the molecule is COc1ccccc1CN(C)C(=O)C1(C#N)CCOCC1. The van der Waals surface area contributed by atoms with E-state index >= 15 is 0 Å². The summed E-state index contributed by atoms with van der Waals surface area (Å²) in [6.45, 7) is 1.34. The fourth-order valence-electron chi connectivity index (χ4n) is 2.62. The Morgan fingerprint density at radius 3 is 2.71 bits per heavy atom. The van der Waals surface area contributed by atoms with Gasteiger partial charge in [0, 0.05) is 32.4 Å². The van der Waals surface area contributed by atoms with Gasteiger partial charge in [0.1, 0.15) is 11.2 Å². The fraction of sp³-hybridized carbons (Fsp3) is 0.500. The van der Waals surface area contributed by atoms with E-state index in [9.17, 15) is 10.1 Å². The van der Waals surface area contributed by atoms with E-state index in [4.69, 9.17) is 9.47 Å². The van der Waals surface area contributed by atoms with Crippen molar-refractivity contribution in [2.75, 3.05) is 27.4 Å². The summed E-state index contributed by atoms with van der Waals surface area (Å²) in [6.07, 6.45) is 0.914. The molecule has 0 atom stereocenters. The van der Waals surface area contributed by atoms with Crippen LogP contribution in [0.2, 0.25) is 0 Å². The molecule has 5 nitrogen and oxygen atoms in total. The maximum absolute atomic E-state index is 12.7. The smallest absolute Gasteiger partial charge is 0.243 e. The molecular weight excluding hydrogens is 268 g/mol. The van der Waals surface area contributed by atoms with Crippen molar-refractivity contribution in [3.8, 4) is 11.8 Å². The minimum absolute atomic E-state index is 0.140. The molecule has 0 spiro atoms. The minimum Gasteiger partial charge on any atom is -0.496 e. The van der Waals surface area contributed by atoms with Gasteiger partial charge in [-0.2, -0.15) is 5.26 Å². The van der Waals surface area contributed by atoms with Crippen molar-refractivity contribution in [1.82, 2.24) is 4.90 Å². The molecule has 1 aromatic carbocycles. The van der Waals surface area contributed by atoms with Crippen LogP contribution < -0.4 is 4.74 Å². The van der Waals surface area contributed by atoms with Crippen molar-refractivity contribution in [3.05, 3.63) is 29.8 Å². The van der Waals surface area contributed by atoms with E-state index in [2.05, 4.69) is 6.07 Å². The summed E-state index contributed by atoms with van der Waals surface area (Å²) < 4.78 is 10.6. The predicted octanol–water partition coefficient (Wildman–Crippen LogP) is 1.97. The Hall–Kier alpha value is -2.06. The molecule has 21 heavy (non-hydrogen) atoms. The van der Waals surface area contributed by atoms with Crippen molar-refractivity contribution in [2.24, 2.45) is 5.41 Å². The fourth-order valence-corrected chi connectivity index (χ4v) is 2.62. The second kappa shape index (κ2) is 6.59. The summed E-state index contributed by atoms with van der Waals surface area (Å²) in [5.74, 6) is 0.606. The van der Waals surface area contributed by atoms with Crippen LogP contribution in [-0.4, -0.2) is 38.2 Å².